The topological polar surface area (TPSA) is 92.0 Å². The normalized spacial score (nSPS) is 10.7. The fourth-order valence-corrected chi connectivity index (χ4v) is 2.45. The summed E-state index contributed by atoms with van der Waals surface area (Å²) in [5.41, 5.74) is -0.483. The van der Waals surface area contributed by atoms with Crippen molar-refractivity contribution in [1.29, 1.82) is 0 Å². The van der Waals surface area contributed by atoms with Gasteiger partial charge in [0.05, 0.1) is 6.42 Å². The Morgan fingerprint density at radius 1 is 1.50 bits per heavy atom. The molecule has 0 aliphatic heterocycles. The van der Waals surface area contributed by atoms with Gasteiger partial charge in [-0.25, -0.2) is 4.98 Å². The van der Waals surface area contributed by atoms with Gasteiger partial charge in [0.25, 0.3) is 11.5 Å². The second-order valence-corrected chi connectivity index (χ2v) is 4.93. The number of carboxylic acid groups (broad SMARTS) is 1. The van der Waals surface area contributed by atoms with Crippen LogP contribution in [0.1, 0.15) is 23.7 Å². The molecule has 0 saturated heterocycles. The molecule has 106 valence electrons. The second kappa shape index (κ2) is 5.83. The van der Waals surface area contributed by atoms with Gasteiger partial charge in [0.1, 0.15) is 5.56 Å². The molecule has 0 aromatic carbocycles. The lowest BCUT2D eigenvalue weighted by Crippen LogP contribution is -2.37. The maximum absolute atomic E-state index is 12.3. The van der Waals surface area contributed by atoms with Gasteiger partial charge in [-0.1, -0.05) is 0 Å². The molecule has 1 N–H and O–H groups in total. The van der Waals surface area contributed by atoms with Crippen molar-refractivity contribution >= 4 is 28.2 Å². The molecule has 2 aromatic rings. The Kier molecular flexibility index (Phi) is 4.14. The van der Waals surface area contributed by atoms with Crippen molar-refractivity contribution in [3.05, 3.63) is 33.7 Å². The van der Waals surface area contributed by atoms with E-state index < -0.39 is 17.4 Å². The molecule has 0 aliphatic carbocycles. The van der Waals surface area contributed by atoms with Gasteiger partial charge in [0.15, 0.2) is 4.96 Å². The van der Waals surface area contributed by atoms with E-state index in [1.165, 1.54) is 26.8 Å². The minimum Gasteiger partial charge on any atom is -0.481 e. The number of aliphatic carboxylic acids is 1. The van der Waals surface area contributed by atoms with Crippen molar-refractivity contribution in [1.82, 2.24) is 14.3 Å². The summed E-state index contributed by atoms with van der Waals surface area (Å²) in [7, 11) is 0. The van der Waals surface area contributed by atoms with Gasteiger partial charge >= 0.3 is 5.97 Å². The lowest BCUT2D eigenvalue weighted by molar-refractivity contribution is -0.137. The van der Waals surface area contributed by atoms with Gasteiger partial charge in [-0.05, 0) is 6.92 Å². The minimum atomic E-state index is -0.987. The Bertz CT molecular complexity index is 706. The molecule has 0 fully saturated rings. The number of amides is 1. The lowest BCUT2D eigenvalue weighted by atomic mass is 10.2. The van der Waals surface area contributed by atoms with E-state index in [9.17, 15) is 14.4 Å². The van der Waals surface area contributed by atoms with Crippen LogP contribution in [0.3, 0.4) is 0 Å². The Labute approximate surface area is 118 Å². The molecule has 0 unspecified atom stereocenters. The van der Waals surface area contributed by atoms with Crippen LogP contribution >= 0.6 is 11.3 Å². The van der Waals surface area contributed by atoms with E-state index in [1.807, 2.05) is 0 Å². The predicted molar refractivity (Wildman–Crippen MR) is 73.2 cm³/mol. The summed E-state index contributed by atoms with van der Waals surface area (Å²) in [6.45, 7) is 2.13. The number of thiazole rings is 1. The molecule has 0 bridgehead atoms. The van der Waals surface area contributed by atoms with Crippen molar-refractivity contribution in [2.24, 2.45) is 0 Å². The molecule has 0 saturated carbocycles. The number of hydrogen-bond acceptors (Lipinski definition) is 5. The third kappa shape index (κ3) is 2.69. The highest BCUT2D eigenvalue weighted by Crippen LogP contribution is 2.07. The Balaban J connectivity index is 2.31. The summed E-state index contributed by atoms with van der Waals surface area (Å²) in [6.07, 6.45) is 2.65. The van der Waals surface area contributed by atoms with Crippen molar-refractivity contribution in [2.45, 2.75) is 13.3 Å². The Morgan fingerprint density at radius 2 is 2.25 bits per heavy atom. The quantitative estimate of drug-likeness (QED) is 0.876. The lowest BCUT2D eigenvalue weighted by Gasteiger charge is -2.19. The molecular formula is C12H13N3O4S. The number of nitrogens with zero attached hydrogens (tertiary/aromatic N) is 3. The van der Waals surface area contributed by atoms with E-state index >= 15 is 0 Å². The molecule has 8 heteroatoms. The predicted octanol–water partition coefficient (Wildman–Crippen LogP) is 0.693. The van der Waals surface area contributed by atoms with Gasteiger partial charge in [-0.15, -0.1) is 11.3 Å². The van der Waals surface area contributed by atoms with Crippen molar-refractivity contribution in [3.8, 4) is 0 Å². The summed E-state index contributed by atoms with van der Waals surface area (Å²) in [6, 6.07) is 0. The molecule has 7 nitrogen and oxygen atoms in total. The first-order valence-corrected chi connectivity index (χ1v) is 6.88. The van der Waals surface area contributed by atoms with Gasteiger partial charge < -0.3 is 10.0 Å². The maximum Gasteiger partial charge on any atom is 0.305 e. The first-order chi connectivity index (χ1) is 9.54. The number of hydrogen-bond donors (Lipinski definition) is 1. The molecule has 0 spiro atoms. The van der Waals surface area contributed by atoms with Crippen LogP contribution in [0.2, 0.25) is 0 Å². The fraction of sp³-hybridized carbons (Fsp3) is 0.333. The molecule has 0 atom stereocenters. The molecule has 1 amide bonds. The van der Waals surface area contributed by atoms with Crippen molar-refractivity contribution in [2.75, 3.05) is 13.1 Å². The second-order valence-electron chi connectivity index (χ2n) is 4.06. The fourth-order valence-electron chi connectivity index (χ4n) is 1.78. The number of carboxylic acids is 1. The smallest absolute Gasteiger partial charge is 0.305 e. The Morgan fingerprint density at radius 3 is 2.90 bits per heavy atom. The summed E-state index contributed by atoms with van der Waals surface area (Å²) in [5, 5.41) is 10.4. The van der Waals surface area contributed by atoms with Crippen molar-refractivity contribution < 1.29 is 14.7 Å². The zero-order chi connectivity index (χ0) is 14.7. The SMILES string of the molecule is CCN(CCC(=O)O)C(=O)c1cnc2sccn2c1=O. The highest BCUT2D eigenvalue weighted by molar-refractivity contribution is 7.15. The molecule has 2 aromatic heterocycles. The zero-order valence-electron chi connectivity index (χ0n) is 10.8. The van der Waals surface area contributed by atoms with Crippen LogP contribution in [-0.4, -0.2) is 44.4 Å². The van der Waals surface area contributed by atoms with E-state index in [2.05, 4.69) is 4.98 Å². The number of fused-ring (bicyclic) bond motifs is 1. The number of aromatic nitrogens is 2. The van der Waals surface area contributed by atoms with Crippen LogP contribution < -0.4 is 5.56 Å². The number of carbonyl (C=O) groups is 2. The standard InChI is InChI=1S/C12H13N3O4S/c1-2-14(4-3-9(16)17)10(18)8-7-13-12-15(11(8)19)5-6-20-12/h5-7H,2-4H2,1H3,(H,16,17). The van der Waals surface area contributed by atoms with Gasteiger partial charge in [-0.3, -0.25) is 18.8 Å². The van der Waals surface area contributed by atoms with Crippen LogP contribution in [0.15, 0.2) is 22.6 Å². The Hall–Kier alpha value is -2.22. The van der Waals surface area contributed by atoms with Gasteiger partial charge in [-0.2, -0.15) is 0 Å². The van der Waals surface area contributed by atoms with Crippen LogP contribution in [-0.2, 0) is 4.79 Å². The monoisotopic (exact) mass is 295 g/mol. The molecule has 2 heterocycles. The van der Waals surface area contributed by atoms with E-state index in [1.54, 1.807) is 18.5 Å². The first kappa shape index (κ1) is 14.2. The first-order valence-electron chi connectivity index (χ1n) is 6.00. The highest BCUT2D eigenvalue weighted by atomic mass is 32.1. The molecule has 2 rings (SSSR count). The van der Waals surface area contributed by atoms with Crippen LogP contribution in [0.25, 0.3) is 4.96 Å². The van der Waals surface area contributed by atoms with Gasteiger partial charge in [0.2, 0.25) is 0 Å². The zero-order valence-corrected chi connectivity index (χ0v) is 11.6. The summed E-state index contributed by atoms with van der Waals surface area (Å²) >= 11 is 1.30. The maximum atomic E-state index is 12.3. The summed E-state index contributed by atoms with van der Waals surface area (Å²) in [5.74, 6) is -1.48. The molecule has 20 heavy (non-hydrogen) atoms. The van der Waals surface area contributed by atoms with Crippen molar-refractivity contribution in [3.63, 3.8) is 0 Å². The molecular weight excluding hydrogens is 282 g/mol. The van der Waals surface area contributed by atoms with E-state index in [0.717, 1.165) is 0 Å². The summed E-state index contributed by atoms with van der Waals surface area (Å²) in [4.78, 5) is 40.9. The van der Waals surface area contributed by atoms with Crippen LogP contribution in [0, 0.1) is 0 Å². The van der Waals surface area contributed by atoms with E-state index in [0.29, 0.717) is 11.5 Å². The average molecular weight is 295 g/mol. The third-order valence-corrected chi connectivity index (χ3v) is 3.61. The van der Waals surface area contributed by atoms with E-state index in [-0.39, 0.29) is 18.5 Å². The van der Waals surface area contributed by atoms with Crippen LogP contribution in [0.5, 0.6) is 0 Å². The molecule has 0 aliphatic rings. The summed E-state index contributed by atoms with van der Waals surface area (Å²) < 4.78 is 1.31. The average Bonchev–Trinajstić information content (AvgIpc) is 2.88. The van der Waals surface area contributed by atoms with Crippen LogP contribution in [0.4, 0.5) is 0 Å². The highest BCUT2D eigenvalue weighted by Gasteiger charge is 2.19. The number of rotatable bonds is 5. The van der Waals surface area contributed by atoms with E-state index in [4.69, 9.17) is 5.11 Å². The largest absolute Gasteiger partial charge is 0.481 e. The minimum absolute atomic E-state index is 0.0480. The number of carbonyl (C=O) groups excluding carboxylic acids is 1. The third-order valence-electron chi connectivity index (χ3n) is 2.84. The van der Waals surface area contributed by atoms with Gasteiger partial charge in [0, 0.05) is 30.9 Å². The molecule has 0 radical (unpaired) electrons.